The Hall–Kier alpha value is -4.02. The first kappa shape index (κ1) is 27.2. The van der Waals surface area contributed by atoms with Gasteiger partial charge in [-0.15, -0.1) is 0 Å². The second-order valence-electron chi connectivity index (χ2n) is 9.14. The lowest BCUT2D eigenvalue weighted by Crippen LogP contribution is -2.11. The molecule has 7 nitrogen and oxygen atoms in total. The molecular weight excluding hydrogens is 599 g/mol. The highest BCUT2D eigenvalue weighted by Gasteiger charge is 2.14. The van der Waals surface area contributed by atoms with Crippen LogP contribution in [-0.4, -0.2) is 21.8 Å². The summed E-state index contributed by atoms with van der Waals surface area (Å²) in [6.45, 7) is 3.80. The Bertz CT molecular complexity index is 1810. The van der Waals surface area contributed by atoms with Crippen LogP contribution in [-0.2, 0) is 0 Å². The van der Waals surface area contributed by atoms with Gasteiger partial charge >= 0.3 is 0 Å². The highest BCUT2D eigenvalue weighted by molar-refractivity contribution is 7.22. The summed E-state index contributed by atoms with van der Waals surface area (Å²) in [5, 5.41) is 7.98. The highest BCUT2D eigenvalue weighted by atomic mass is 35.5. The zero-order valence-corrected chi connectivity index (χ0v) is 24.8. The number of halogens is 2. The Morgan fingerprint density at radius 3 is 1.41 bits per heavy atom. The van der Waals surface area contributed by atoms with Crippen molar-refractivity contribution in [2.24, 2.45) is 0 Å². The molecule has 0 aliphatic heterocycles. The maximum Gasteiger partial charge on any atom is 0.257 e. The standard InChI is InChI=1S/C30H20Cl2N4O3S2/c1-15-21(31)11-13-23-25(15)33-29(40-23)35-27(37)17-3-7-19(8-4-17)39-20-9-5-18(6-10-20)28(38)36-30-34-26-16(2)22(32)12-14-24(26)41-30/h3-14H,1-2H3,(H,33,35,37)(H,34,36,38). The molecule has 2 amide bonds. The Balaban J connectivity index is 1.08. The van der Waals surface area contributed by atoms with Gasteiger partial charge in [-0.05, 0) is 97.8 Å². The van der Waals surface area contributed by atoms with Gasteiger partial charge in [0.1, 0.15) is 11.5 Å². The van der Waals surface area contributed by atoms with Crippen LogP contribution in [0, 0.1) is 13.8 Å². The molecule has 204 valence electrons. The van der Waals surface area contributed by atoms with E-state index in [9.17, 15) is 9.59 Å². The molecule has 0 fully saturated rings. The predicted octanol–water partition coefficient (Wildman–Crippen LogP) is 9.13. The number of amides is 2. The van der Waals surface area contributed by atoms with E-state index in [2.05, 4.69) is 20.6 Å². The SMILES string of the molecule is Cc1c(Cl)ccc2sc(NC(=O)c3ccc(Oc4ccc(C(=O)Nc5nc6c(C)c(Cl)ccc6s5)cc4)cc3)nc12. The minimum atomic E-state index is -0.277. The number of nitrogens with one attached hydrogen (secondary N) is 2. The summed E-state index contributed by atoms with van der Waals surface area (Å²) in [5.74, 6) is 0.544. The van der Waals surface area contributed by atoms with E-state index in [0.29, 0.717) is 42.9 Å². The van der Waals surface area contributed by atoms with Crippen LogP contribution >= 0.6 is 45.9 Å². The number of anilines is 2. The van der Waals surface area contributed by atoms with E-state index < -0.39 is 0 Å². The summed E-state index contributed by atoms with van der Waals surface area (Å²) in [4.78, 5) is 34.6. The van der Waals surface area contributed by atoms with Crippen molar-refractivity contribution in [2.45, 2.75) is 13.8 Å². The molecule has 0 radical (unpaired) electrons. The van der Waals surface area contributed by atoms with Crippen LogP contribution in [0.2, 0.25) is 10.0 Å². The van der Waals surface area contributed by atoms with Crippen molar-refractivity contribution in [2.75, 3.05) is 10.6 Å². The zero-order valence-electron chi connectivity index (χ0n) is 21.6. The van der Waals surface area contributed by atoms with Crippen molar-refractivity contribution in [1.29, 1.82) is 0 Å². The fraction of sp³-hybridized carbons (Fsp3) is 0.0667. The van der Waals surface area contributed by atoms with Gasteiger partial charge in [0.05, 0.1) is 20.4 Å². The van der Waals surface area contributed by atoms with Gasteiger partial charge < -0.3 is 4.74 Å². The highest BCUT2D eigenvalue weighted by Crippen LogP contribution is 2.33. The van der Waals surface area contributed by atoms with Crippen molar-refractivity contribution < 1.29 is 14.3 Å². The van der Waals surface area contributed by atoms with E-state index in [0.717, 1.165) is 31.6 Å². The van der Waals surface area contributed by atoms with Crippen molar-refractivity contribution in [3.63, 3.8) is 0 Å². The Kier molecular flexibility index (Phi) is 7.35. The predicted molar refractivity (Wildman–Crippen MR) is 168 cm³/mol. The number of carbonyl (C=O) groups is 2. The van der Waals surface area contributed by atoms with Gasteiger partial charge in [-0.1, -0.05) is 45.9 Å². The molecule has 0 spiro atoms. The quantitative estimate of drug-likeness (QED) is 0.194. The van der Waals surface area contributed by atoms with Crippen LogP contribution in [0.4, 0.5) is 10.3 Å². The molecule has 2 heterocycles. The Morgan fingerprint density at radius 2 is 1.02 bits per heavy atom. The van der Waals surface area contributed by atoms with Crippen molar-refractivity contribution in [1.82, 2.24) is 9.97 Å². The van der Waals surface area contributed by atoms with E-state index in [-0.39, 0.29) is 11.8 Å². The molecule has 2 aromatic heterocycles. The van der Waals surface area contributed by atoms with Gasteiger partial charge in [0, 0.05) is 21.2 Å². The second-order valence-corrected chi connectivity index (χ2v) is 12.0. The van der Waals surface area contributed by atoms with E-state index in [1.807, 2.05) is 38.1 Å². The Labute approximate surface area is 252 Å². The lowest BCUT2D eigenvalue weighted by molar-refractivity contribution is 0.101. The van der Waals surface area contributed by atoms with Gasteiger partial charge in [-0.3, -0.25) is 20.2 Å². The van der Waals surface area contributed by atoms with Crippen LogP contribution < -0.4 is 15.4 Å². The van der Waals surface area contributed by atoms with Crippen LogP contribution in [0.15, 0.2) is 72.8 Å². The number of hydrogen-bond donors (Lipinski definition) is 2. The lowest BCUT2D eigenvalue weighted by Gasteiger charge is -2.08. The number of hydrogen-bond acceptors (Lipinski definition) is 7. The number of nitrogens with zero attached hydrogens (tertiary/aromatic N) is 2. The maximum atomic E-state index is 12.8. The molecule has 0 saturated carbocycles. The van der Waals surface area contributed by atoms with Gasteiger partial charge in [-0.25, -0.2) is 9.97 Å². The third-order valence-corrected chi connectivity index (χ3v) is 9.10. The number of carbonyl (C=O) groups excluding carboxylic acids is 2. The molecular formula is C30H20Cl2N4O3S2. The van der Waals surface area contributed by atoms with E-state index in [1.54, 1.807) is 48.5 Å². The molecule has 6 aromatic rings. The number of benzene rings is 4. The molecule has 2 N–H and O–H groups in total. The molecule has 0 unspecified atom stereocenters. The summed E-state index contributed by atoms with van der Waals surface area (Å²) in [6, 6.07) is 21.0. The van der Waals surface area contributed by atoms with Crippen molar-refractivity contribution >= 4 is 88.4 Å². The fourth-order valence-electron chi connectivity index (χ4n) is 4.13. The minimum absolute atomic E-state index is 0.277. The van der Waals surface area contributed by atoms with Crippen LogP contribution in [0.5, 0.6) is 11.5 Å². The van der Waals surface area contributed by atoms with Crippen LogP contribution in [0.1, 0.15) is 31.8 Å². The summed E-state index contributed by atoms with van der Waals surface area (Å²) >= 11 is 15.2. The Morgan fingerprint density at radius 1 is 0.634 bits per heavy atom. The topological polar surface area (TPSA) is 93.2 Å². The number of rotatable bonds is 6. The third kappa shape index (κ3) is 5.62. The largest absolute Gasteiger partial charge is 0.457 e. The van der Waals surface area contributed by atoms with Gasteiger partial charge in [0.2, 0.25) is 0 Å². The molecule has 6 rings (SSSR count). The number of thiazole rings is 2. The molecule has 0 bridgehead atoms. The molecule has 41 heavy (non-hydrogen) atoms. The fourth-order valence-corrected chi connectivity index (χ4v) is 6.28. The number of aromatic nitrogens is 2. The molecule has 0 atom stereocenters. The second kappa shape index (κ2) is 11.1. The molecule has 4 aromatic carbocycles. The first-order chi connectivity index (χ1) is 19.7. The summed E-state index contributed by atoms with van der Waals surface area (Å²) < 4.78 is 7.81. The number of aryl methyl sites for hydroxylation is 2. The summed E-state index contributed by atoms with van der Waals surface area (Å²) in [6.07, 6.45) is 0. The average Bonchev–Trinajstić information content (AvgIpc) is 3.58. The first-order valence-corrected chi connectivity index (χ1v) is 14.8. The average molecular weight is 620 g/mol. The zero-order chi connectivity index (χ0) is 28.7. The van der Waals surface area contributed by atoms with E-state index >= 15 is 0 Å². The first-order valence-electron chi connectivity index (χ1n) is 12.4. The molecule has 11 heteroatoms. The maximum absolute atomic E-state index is 12.8. The van der Waals surface area contributed by atoms with Crippen molar-refractivity contribution in [3.05, 3.63) is 105 Å². The van der Waals surface area contributed by atoms with Gasteiger partial charge in [0.15, 0.2) is 10.3 Å². The number of ether oxygens (including phenoxy) is 1. The summed E-state index contributed by atoms with van der Waals surface area (Å²) in [7, 11) is 0. The molecule has 0 aliphatic carbocycles. The molecule has 0 saturated heterocycles. The third-order valence-electron chi connectivity index (χ3n) is 6.41. The van der Waals surface area contributed by atoms with Gasteiger partial charge in [0.25, 0.3) is 11.8 Å². The minimum Gasteiger partial charge on any atom is -0.457 e. The normalized spacial score (nSPS) is 11.1. The van der Waals surface area contributed by atoms with Crippen LogP contribution in [0.25, 0.3) is 20.4 Å². The lowest BCUT2D eigenvalue weighted by atomic mass is 10.2. The van der Waals surface area contributed by atoms with Crippen LogP contribution in [0.3, 0.4) is 0 Å². The van der Waals surface area contributed by atoms with E-state index in [4.69, 9.17) is 27.9 Å². The number of fused-ring (bicyclic) bond motifs is 2. The van der Waals surface area contributed by atoms with Crippen molar-refractivity contribution in [3.8, 4) is 11.5 Å². The monoisotopic (exact) mass is 618 g/mol. The molecule has 0 aliphatic rings. The van der Waals surface area contributed by atoms with Gasteiger partial charge in [-0.2, -0.15) is 0 Å². The summed E-state index contributed by atoms with van der Waals surface area (Å²) in [5.41, 5.74) is 4.25. The van der Waals surface area contributed by atoms with E-state index in [1.165, 1.54) is 22.7 Å². The smallest absolute Gasteiger partial charge is 0.257 e.